The van der Waals surface area contributed by atoms with Crippen LogP contribution in [0.1, 0.15) is 16.7 Å². The number of hydrogen-bond acceptors (Lipinski definition) is 3. The SMILES string of the molecule is CN=C(NCCNC(=O)Cc1ccc(F)cc1)NCc1ccc(C)cc1SC. The van der Waals surface area contributed by atoms with Gasteiger partial charge in [-0.05, 0) is 48.1 Å². The van der Waals surface area contributed by atoms with Gasteiger partial charge in [0.1, 0.15) is 5.82 Å². The molecule has 0 aromatic heterocycles. The van der Waals surface area contributed by atoms with Crippen molar-refractivity contribution in [1.82, 2.24) is 16.0 Å². The van der Waals surface area contributed by atoms with Gasteiger partial charge in [-0.3, -0.25) is 9.79 Å². The van der Waals surface area contributed by atoms with E-state index in [0.717, 1.165) is 5.56 Å². The Hall–Kier alpha value is -2.54. The van der Waals surface area contributed by atoms with Crippen LogP contribution in [0.4, 0.5) is 4.39 Å². The van der Waals surface area contributed by atoms with Gasteiger partial charge >= 0.3 is 0 Å². The Labute approximate surface area is 170 Å². The zero-order valence-electron chi connectivity index (χ0n) is 16.5. The van der Waals surface area contributed by atoms with Gasteiger partial charge in [-0.1, -0.05) is 24.3 Å². The maximum Gasteiger partial charge on any atom is 0.224 e. The van der Waals surface area contributed by atoms with E-state index in [1.807, 2.05) is 0 Å². The molecule has 0 aliphatic carbocycles. The molecule has 0 aliphatic rings. The highest BCUT2D eigenvalue weighted by molar-refractivity contribution is 7.98. The molecule has 2 aromatic carbocycles. The monoisotopic (exact) mass is 402 g/mol. The predicted molar refractivity (Wildman–Crippen MR) is 114 cm³/mol. The number of halogens is 1. The minimum Gasteiger partial charge on any atom is -0.355 e. The van der Waals surface area contributed by atoms with Crippen LogP contribution in [-0.2, 0) is 17.8 Å². The van der Waals surface area contributed by atoms with Crippen molar-refractivity contribution in [1.29, 1.82) is 0 Å². The largest absolute Gasteiger partial charge is 0.355 e. The van der Waals surface area contributed by atoms with Gasteiger partial charge < -0.3 is 16.0 Å². The molecule has 0 saturated carbocycles. The number of carbonyl (C=O) groups is 1. The number of nitrogens with one attached hydrogen (secondary N) is 3. The number of benzene rings is 2. The molecule has 3 N–H and O–H groups in total. The number of thioether (sulfide) groups is 1. The summed E-state index contributed by atoms with van der Waals surface area (Å²) in [5.41, 5.74) is 3.24. The zero-order valence-corrected chi connectivity index (χ0v) is 17.3. The van der Waals surface area contributed by atoms with E-state index in [9.17, 15) is 9.18 Å². The van der Waals surface area contributed by atoms with Gasteiger partial charge in [-0.15, -0.1) is 11.8 Å². The second-order valence-electron chi connectivity index (χ2n) is 6.32. The summed E-state index contributed by atoms with van der Waals surface area (Å²) < 4.78 is 12.9. The Morgan fingerprint density at radius 2 is 1.79 bits per heavy atom. The molecule has 0 unspecified atom stereocenters. The first-order valence-corrected chi connectivity index (χ1v) is 10.3. The van der Waals surface area contributed by atoms with Gasteiger partial charge in [0.05, 0.1) is 6.42 Å². The highest BCUT2D eigenvalue weighted by atomic mass is 32.2. The van der Waals surface area contributed by atoms with Crippen molar-refractivity contribution < 1.29 is 9.18 Å². The third-order valence-electron chi connectivity index (χ3n) is 4.13. The average Bonchev–Trinajstić information content (AvgIpc) is 2.69. The third kappa shape index (κ3) is 7.23. The fraction of sp³-hybridized carbons (Fsp3) is 0.333. The van der Waals surface area contributed by atoms with E-state index in [1.54, 1.807) is 30.9 Å². The van der Waals surface area contributed by atoms with Crippen molar-refractivity contribution >= 4 is 23.6 Å². The second kappa shape index (κ2) is 11.3. The molecular weight excluding hydrogens is 375 g/mol. The van der Waals surface area contributed by atoms with Crippen LogP contribution < -0.4 is 16.0 Å². The van der Waals surface area contributed by atoms with Crippen LogP contribution in [0.5, 0.6) is 0 Å². The number of aryl methyl sites for hydroxylation is 1. The maximum atomic E-state index is 12.9. The molecule has 0 bridgehead atoms. The zero-order chi connectivity index (χ0) is 20.4. The molecular formula is C21H27FN4OS. The summed E-state index contributed by atoms with van der Waals surface area (Å²) in [7, 11) is 1.72. The van der Waals surface area contributed by atoms with Crippen molar-refractivity contribution in [2.45, 2.75) is 24.8 Å². The molecule has 2 aromatic rings. The van der Waals surface area contributed by atoms with Gasteiger partial charge in [0, 0.05) is 31.6 Å². The van der Waals surface area contributed by atoms with E-state index in [0.29, 0.717) is 25.6 Å². The third-order valence-corrected chi connectivity index (χ3v) is 4.95. The van der Waals surface area contributed by atoms with E-state index in [2.05, 4.69) is 52.3 Å². The van der Waals surface area contributed by atoms with Crippen LogP contribution in [0.15, 0.2) is 52.4 Å². The normalized spacial score (nSPS) is 11.2. The van der Waals surface area contributed by atoms with Crippen LogP contribution >= 0.6 is 11.8 Å². The van der Waals surface area contributed by atoms with Crippen LogP contribution in [0.2, 0.25) is 0 Å². The molecule has 0 aliphatic heterocycles. The second-order valence-corrected chi connectivity index (χ2v) is 7.17. The van der Waals surface area contributed by atoms with Crippen molar-refractivity contribution in [3.8, 4) is 0 Å². The molecule has 28 heavy (non-hydrogen) atoms. The quantitative estimate of drug-likeness (QED) is 0.275. The standard InChI is InChI=1S/C21H27FN4OS/c1-15-4-7-17(19(12-15)28-3)14-26-21(23-2)25-11-10-24-20(27)13-16-5-8-18(22)9-6-16/h4-9,12H,10-11,13-14H2,1-3H3,(H,24,27)(H2,23,25,26). The van der Waals surface area contributed by atoms with Gasteiger partial charge in [0.2, 0.25) is 5.91 Å². The summed E-state index contributed by atoms with van der Waals surface area (Å²) in [6.45, 7) is 3.79. The van der Waals surface area contributed by atoms with Crippen molar-refractivity contribution in [2.75, 3.05) is 26.4 Å². The molecule has 0 spiro atoms. The summed E-state index contributed by atoms with van der Waals surface area (Å²) in [5.74, 6) is 0.281. The van der Waals surface area contributed by atoms with Crippen LogP contribution in [-0.4, -0.2) is 38.3 Å². The van der Waals surface area contributed by atoms with Gasteiger partial charge in [-0.2, -0.15) is 0 Å². The highest BCUT2D eigenvalue weighted by Crippen LogP contribution is 2.21. The van der Waals surface area contributed by atoms with E-state index in [4.69, 9.17) is 0 Å². The first-order chi connectivity index (χ1) is 13.5. The summed E-state index contributed by atoms with van der Waals surface area (Å²) in [4.78, 5) is 17.4. The van der Waals surface area contributed by atoms with Crippen molar-refractivity contribution in [3.05, 3.63) is 65.0 Å². The van der Waals surface area contributed by atoms with Crippen LogP contribution in [0.3, 0.4) is 0 Å². The smallest absolute Gasteiger partial charge is 0.224 e. The highest BCUT2D eigenvalue weighted by Gasteiger charge is 2.05. The van der Waals surface area contributed by atoms with Gasteiger partial charge in [-0.25, -0.2) is 4.39 Å². The Morgan fingerprint density at radius 3 is 2.46 bits per heavy atom. The minimum atomic E-state index is -0.303. The molecule has 7 heteroatoms. The topological polar surface area (TPSA) is 65.5 Å². The number of carbonyl (C=O) groups excluding carboxylic acids is 1. The molecule has 0 heterocycles. The Kier molecular flexibility index (Phi) is 8.81. The predicted octanol–water partition coefficient (Wildman–Crippen LogP) is 2.88. The first kappa shape index (κ1) is 21.8. The molecule has 5 nitrogen and oxygen atoms in total. The first-order valence-electron chi connectivity index (χ1n) is 9.11. The number of hydrogen-bond donors (Lipinski definition) is 3. The molecule has 2 rings (SSSR count). The molecule has 0 radical (unpaired) electrons. The summed E-state index contributed by atoms with van der Waals surface area (Å²) in [5, 5.41) is 9.32. The molecule has 0 atom stereocenters. The Bertz CT molecular complexity index is 809. The summed E-state index contributed by atoms with van der Waals surface area (Å²) in [6, 6.07) is 12.3. The lowest BCUT2D eigenvalue weighted by atomic mass is 10.1. The number of aliphatic imine (C=N–C) groups is 1. The fourth-order valence-electron chi connectivity index (χ4n) is 2.63. The number of rotatable bonds is 8. The maximum absolute atomic E-state index is 12.9. The van der Waals surface area contributed by atoms with Gasteiger partial charge in [0.15, 0.2) is 5.96 Å². The lowest BCUT2D eigenvalue weighted by Gasteiger charge is -2.14. The van der Waals surface area contributed by atoms with Crippen LogP contribution in [0, 0.1) is 12.7 Å². The van der Waals surface area contributed by atoms with E-state index in [1.165, 1.54) is 28.2 Å². The van der Waals surface area contributed by atoms with Crippen LogP contribution in [0.25, 0.3) is 0 Å². The summed E-state index contributed by atoms with van der Waals surface area (Å²) in [6.07, 6.45) is 2.30. The molecule has 0 fully saturated rings. The van der Waals surface area contributed by atoms with Gasteiger partial charge in [0.25, 0.3) is 0 Å². The molecule has 150 valence electrons. The van der Waals surface area contributed by atoms with E-state index < -0.39 is 0 Å². The van der Waals surface area contributed by atoms with Crippen molar-refractivity contribution in [3.63, 3.8) is 0 Å². The minimum absolute atomic E-state index is 0.0966. The average molecular weight is 403 g/mol. The van der Waals surface area contributed by atoms with E-state index in [-0.39, 0.29) is 18.1 Å². The molecule has 1 amide bonds. The Morgan fingerprint density at radius 1 is 1.07 bits per heavy atom. The fourth-order valence-corrected chi connectivity index (χ4v) is 3.34. The lowest BCUT2D eigenvalue weighted by Crippen LogP contribution is -2.41. The Balaban J connectivity index is 1.71. The number of guanidine groups is 1. The number of amides is 1. The lowest BCUT2D eigenvalue weighted by molar-refractivity contribution is -0.120. The number of nitrogens with zero attached hydrogens (tertiary/aromatic N) is 1. The van der Waals surface area contributed by atoms with E-state index >= 15 is 0 Å². The molecule has 0 saturated heterocycles. The van der Waals surface area contributed by atoms with Crippen molar-refractivity contribution in [2.24, 2.45) is 4.99 Å². The summed E-state index contributed by atoms with van der Waals surface area (Å²) >= 11 is 1.73.